The molecule has 1 saturated heterocycles. The first-order valence-corrected chi connectivity index (χ1v) is 11.2. The number of aryl methyl sites for hydroxylation is 1. The number of carbonyl (C=O) groups excluding carboxylic acids is 1. The first kappa shape index (κ1) is 19.1. The van der Waals surface area contributed by atoms with E-state index in [4.69, 9.17) is 10.1 Å². The number of amides is 1. The van der Waals surface area contributed by atoms with E-state index in [1.807, 2.05) is 54.3 Å². The van der Waals surface area contributed by atoms with Crippen LogP contribution in [-0.4, -0.2) is 42.1 Å². The van der Waals surface area contributed by atoms with Gasteiger partial charge < -0.3 is 4.90 Å². The van der Waals surface area contributed by atoms with E-state index in [1.54, 1.807) is 17.1 Å². The van der Waals surface area contributed by atoms with Crippen LogP contribution in [0, 0.1) is 6.92 Å². The molecule has 1 aliphatic carbocycles. The summed E-state index contributed by atoms with van der Waals surface area (Å²) in [5.41, 5.74) is 4.12. The van der Waals surface area contributed by atoms with Gasteiger partial charge in [0.05, 0.1) is 28.4 Å². The largest absolute Gasteiger partial charge is 0.330 e. The molecule has 6 rings (SSSR count). The van der Waals surface area contributed by atoms with Crippen LogP contribution in [0.2, 0.25) is 0 Å². The van der Waals surface area contributed by atoms with Crippen molar-refractivity contribution in [3.05, 3.63) is 77.5 Å². The van der Waals surface area contributed by atoms with Crippen molar-refractivity contribution in [2.24, 2.45) is 0 Å². The van der Waals surface area contributed by atoms with Crippen LogP contribution in [0.1, 0.15) is 65.1 Å². The molecule has 160 valence electrons. The van der Waals surface area contributed by atoms with Crippen molar-refractivity contribution in [3.63, 3.8) is 0 Å². The van der Waals surface area contributed by atoms with Crippen molar-refractivity contribution in [3.8, 4) is 5.82 Å². The SMILES string of the molecule is Cc1nn(-c2ccccn2)c2nc(C3CC3)cc(C(=O)N3CCCC3c3ccccn3)c12. The minimum atomic E-state index is 0.00225. The van der Waals surface area contributed by atoms with Gasteiger partial charge in [0.2, 0.25) is 0 Å². The number of hydrogen-bond donors (Lipinski definition) is 0. The Morgan fingerprint density at radius 1 is 1.00 bits per heavy atom. The highest BCUT2D eigenvalue weighted by Gasteiger charge is 2.35. The third kappa shape index (κ3) is 3.16. The van der Waals surface area contributed by atoms with Crippen LogP contribution < -0.4 is 0 Å². The van der Waals surface area contributed by atoms with Gasteiger partial charge in [0, 0.05) is 30.6 Å². The Morgan fingerprint density at radius 3 is 2.53 bits per heavy atom. The van der Waals surface area contributed by atoms with Crippen LogP contribution in [0.25, 0.3) is 16.9 Å². The lowest BCUT2D eigenvalue weighted by Crippen LogP contribution is -2.31. The molecule has 1 saturated carbocycles. The Morgan fingerprint density at radius 2 is 1.81 bits per heavy atom. The summed E-state index contributed by atoms with van der Waals surface area (Å²) in [6, 6.07) is 13.6. The van der Waals surface area contributed by atoms with Crippen molar-refractivity contribution in [2.75, 3.05) is 6.54 Å². The number of likely N-dealkylation sites (tertiary alicyclic amines) is 1. The van der Waals surface area contributed by atoms with Crippen LogP contribution >= 0.6 is 0 Å². The molecule has 0 radical (unpaired) electrons. The van der Waals surface area contributed by atoms with Crippen LogP contribution in [0.3, 0.4) is 0 Å². The molecule has 4 aromatic heterocycles. The molecule has 0 N–H and O–H groups in total. The first-order chi connectivity index (χ1) is 15.7. The molecule has 32 heavy (non-hydrogen) atoms. The molecule has 0 bridgehead atoms. The standard InChI is InChI=1S/C25H24N6O/c1-16-23-18(25(32)30-14-6-8-21(30)19-7-2-4-12-26-19)15-20(17-10-11-17)28-24(23)31(29-16)22-9-3-5-13-27-22/h2-5,7,9,12-13,15,17,21H,6,8,10-11,14H2,1H3. The maximum absolute atomic E-state index is 14.0. The zero-order valence-corrected chi connectivity index (χ0v) is 18.0. The fourth-order valence-electron chi connectivity index (χ4n) is 4.75. The molecule has 2 fully saturated rings. The smallest absolute Gasteiger partial charge is 0.255 e. The lowest BCUT2D eigenvalue weighted by atomic mass is 10.0. The molecule has 5 heterocycles. The van der Waals surface area contributed by atoms with E-state index in [1.165, 1.54) is 0 Å². The molecule has 1 unspecified atom stereocenters. The van der Waals surface area contributed by atoms with E-state index in [0.29, 0.717) is 22.9 Å². The average molecular weight is 425 g/mol. The lowest BCUT2D eigenvalue weighted by Gasteiger charge is -2.25. The van der Waals surface area contributed by atoms with Crippen LogP contribution in [0.15, 0.2) is 54.9 Å². The quantitative estimate of drug-likeness (QED) is 0.486. The molecule has 1 amide bonds. The van der Waals surface area contributed by atoms with Crippen molar-refractivity contribution in [1.29, 1.82) is 0 Å². The van der Waals surface area contributed by atoms with E-state index in [0.717, 1.165) is 54.7 Å². The van der Waals surface area contributed by atoms with Crippen molar-refractivity contribution < 1.29 is 4.79 Å². The van der Waals surface area contributed by atoms with E-state index in [2.05, 4.69) is 9.97 Å². The van der Waals surface area contributed by atoms with Gasteiger partial charge in [-0.3, -0.25) is 9.78 Å². The van der Waals surface area contributed by atoms with Gasteiger partial charge >= 0.3 is 0 Å². The van der Waals surface area contributed by atoms with Gasteiger partial charge in [0.1, 0.15) is 0 Å². The molecule has 0 spiro atoms. The molecule has 1 aliphatic heterocycles. The monoisotopic (exact) mass is 424 g/mol. The van der Waals surface area contributed by atoms with Gasteiger partial charge in [0.25, 0.3) is 5.91 Å². The topological polar surface area (TPSA) is 76.8 Å². The van der Waals surface area contributed by atoms with Crippen LogP contribution in [0.4, 0.5) is 0 Å². The number of aromatic nitrogens is 5. The van der Waals surface area contributed by atoms with E-state index in [-0.39, 0.29) is 11.9 Å². The number of nitrogens with zero attached hydrogens (tertiary/aromatic N) is 6. The van der Waals surface area contributed by atoms with E-state index < -0.39 is 0 Å². The summed E-state index contributed by atoms with van der Waals surface area (Å²) in [4.78, 5) is 29.9. The number of carbonyl (C=O) groups is 1. The molecular formula is C25H24N6O. The highest BCUT2D eigenvalue weighted by atomic mass is 16.2. The van der Waals surface area contributed by atoms with Crippen molar-refractivity contribution in [2.45, 2.75) is 44.6 Å². The van der Waals surface area contributed by atoms with Crippen molar-refractivity contribution in [1.82, 2.24) is 29.6 Å². The average Bonchev–Trinajstić information content (AvgIpc) is 3.48. The maximum Gasteiger partial charge on any atom is 0.255 e. The molecule has 0 aromatic carbocycles. The second-order valence-electron chi connectivity index (χ2n) is 8.66. The second kappa shape index (κ2) is 7.51. The molecule has 2 aliphatic rings. The highest BCUT2D eigenvalue weighted by Crippen LogP contribution is 2.41. The summed E-state index contributed by atoms with van der Waals surface area (Å²) in [5, 5.41) is 5.55. The summed E-state index contributed by atoms with van der Waals surface area (Å²) in [6.07, 6.45) is 7.68. The number of rotatable bonds is 4. The zero-order chi connectivity index (χ0) is 21.7. The predicted octanol–water partition coefficient (Wildman–Crippen LogP) is 4.37. The Hall–Kier alpha value is -3.61. The fraction of sp³-hybridized carbons (Fsp3) is 0.320. The molecule has 1 atom stereocenters. The maximum atomic E-state index is 14.0. The summed E-state index contributed by atoms with van der Waals surface area (Å²) in [6.45, 7) is 2.67. The van der Waals surface area contributed by atoms with Gasteiger partial charge in [-0.05, 0) is 62.9 Å². The molecular weight excluding hydrogens is 400 g/mol. The summed E-state index contributed by atoms with van der Waals surface area (Å²) in [7, 11) is 0. The van der Waals surface area contributed by atoms with Gasteiger partial charge in [-0.2, -0.15) is 9.78 Å². The Bertz CT molecular complexity index is 1300. The zero-order valence-electron chi connectivity index (χ0n) is 18.0. The van der Waals surface area contributed by atoms with Gasteiger partial charge in [-0.25, -0.2) is 9.97 Å². The summed E-state index contributed by atoms with van der Waals surface area (Å²) >= 11 is 0. The third-order valence-corrected chi connectivity index (χ3v) is 6.47. The second-order valence-corrected chi connectivity index (χ2v) is 8.66. The van der Waals surface area contributed by atoms with Crippen LogP contribution in [-0.2, 0) is 0 Å². The highest BCUT2D eigenvalue weighted by molar-refractivity contribution is 6.07. The van der Waals surface area contributed by atoms with Gasteiger partial charge in [0.15, 0.2) is 11.5 Å². The van der Waals surface area contributed by atoms with E-state index >= 15 is 0 Å². The lowest BCUT2D eigenvalue weighted by molar-refractivity contribution is 0.0734. The minimum Gasteiger partial charge on any atom is -0.330 e. The van der Waals surface area contributed by atoms with Gasteiger partial charge in [-0.1, -0.05) is 12.1 Å². The third-order valence-electron chi connectivity index (χ3n) is 6.47. The first-order valence-electron chi connectivity index (χ1n) is 11.2. The minimum absolute atomic E-state index is 0.00225. The van der Waals surface area contributed by atoms with Crippen LogP contribution in [0.5, 0.6) is 0 Å². The van der Waals surface area contributed by atoms with Gasteiger partial charge in [-0.15, -0.1) is 0 Å². The molecule has 4 aromatic rings. The van der Waals surface area contributed by atoms with Crippen molar-refractivity contribution >= 4 is 16.9 Å². The predicted molar refractivity (Wildman–Crippen MR) is 121 cm³/mol. The Labute approximate surface area is 186 Å². The number of hydrogen-bond acceptors (Lipinski definition) is 5. The number of pyridine rings is 3. The van der Waals surface area contributed by atoms with E-state index in [9.17, 15) is 4.79 Å². The fourth-order valence-corrected chi connectivity index (χ4v) is 4.75. The Balaban J connectivity index is 1.50. The summed E-state index contributed by atoms with van der Waals surface area (Å²) in [5.74, 6) is 1.16. The Kier molecular flexibility index (Phi) is 4.48. The summed E-state index contributed by atoms with van der Waals surface area (Å²) < 4.78 is 1.77. The molecule has 7 heteroatoms. The normalized spacial score (nSPS) is 18.4. The number of fused-ring (bicyclic) bond motifs is 1. The molecule has 7 nitrogen and oxygen atoms in total.